The molecule has 7 nitrogen and oxygen atoms in total. The second kappa shape index (κ2) is 9.04. The van der Waals surface area contributed by atoms with Gasteiger partial charge in [0.05, 0.1) is 30.6 Å². The van der Waals surface area contributed by atoms with Gasteiger partial charge in [-0.2, -0.15) is 0 Å². The van der Waals surface area contributed by atoms with Crippen LogP contribution in [0.1, 0.15) is 19.4 Å². The minimum Gasteiger partial charge on any atom is -0.491 e. The van der Waals surface area contributed by atoms with Crippen molar-refractivity contribution in [1.82, 2.24) is 4.90 Å². The summed E-state index contributed by atoms with van der Waals surface area (Å²) < 4.78 is 11.2. The van der Waals surface area contributed by atoms with Crippen LogP contribution in [0.3, 0.4) is 0 Å². The molecule has 2 heterocycles. The molecule has 32 heavy (non-hydrogen) atoms. The highest BCUT2D eigenvalue weighted by molar-refractivity contribution is 6.45. The minimum absolute atomic E-state index is 0.0538. The molecular formula is C25H29N3O4. The lowest BCUT2D eigenvalue weighted by Crippen LogP contribution is -2.40. The molecule has 0 bridgehead atoms. The van der Waals surface area contributed by atoms with Gasteiger partial charge in [0.15, 0.2) is 0 Å². The highest BCUT2D eigenvalue weighted by Crippen LogP contribution is 2.36. The van der Waals surface area contributed by atoms with Crippen LogP contribution in [0.4, 0.5) is 11.4 Å². The fourth-order valence-corrected chi connectivity index (χ4v) is 3.98. The Morgan fingerprint density at radius 3 is 2.28 bits per heavy atom. The van der Waals surface area contributed by atoms with Crippen LogP contribution in [0.25, 0.3) is 5.57 Å². The van der Waals surface area contributed by atoms with E-state index >= 15 is 0 Å². The third-order valence-corrected chi connectivity index (χ3v) is 5.51. The minimum atomic E-state index is -0.315. The maximum atomic E-state index is 13.7. The Bertz CT molecular complexity index is 1040. The van der Waals surface area contributed by atoms with E-state index in [-0.39, 0.29) is 17.9 Å². The third-order valence-electron chi connectivity index (χ3n) is 5.51. The van der Waals surface area contributed by atoms with Gasteiger partial charge in [0, 0.05) is 32.9 Å². The Hall–Kier alpha value is -3.32. The van der Waals surface area contributed by atoms with Crippen LogP contribution in [0.15, 0.2) is 54.2 Å². The lowest BCUT2D eigenvalue weighted by Gasteiger charge is -2.29. The molecular weight excluding hydrogens is 406 g/mol. The first-order chi connectivity index (χ1) is 15.4. The molecule has 2 aliphatic rings. The number of hydrogen-bond acceptors (Lipinski definition) is 6. The molecule has 2 amide bonds. The number of rotatable bonds is 6. The number of anilines is 2. The monoisotopic (exact) mass is 435 g/mol. The summed E-state index contributed by atoms with van der Waals surface area (Å²) in [7, 11) is 3.85. The number of ether oxygens (including phenoxy) is 2. The predicted octanol–water partition coefficient (Wildman–Crippen LogP) is 3.16. The van der Waals surface area contributed by atoms with E-state index in [1.807, 2.05) is 80.2 Å². The van der Waals surface area contributed by atoms with Crippen molar-refractivity contribution in [3.05, 3.63) is 59.8 Å². The van der Waals surface area contributed by atoms with Crippen molar-refractivity contribution >= 4 is 28.8 Å². The van der Waals surface area contributed by atoms with Crippen molar-refractivity contribution in [3.63, 3.8) is 0 Å². The topological polar surface area (TPSA) is 62.3 Å². The second-order valence-corrected chi connectivity index (χ2v) is 8.37. The van der Waals surface area contributed by atoms with E-state index in [0.717, 1.165) is 11.4 Å². The van der Waals surface area contributed by atoms with Crippen LogP contribution in [0, 0.1) is 0 Å². The van der Waals surface area contributed by atoms with Crippen molar-refractivity contribution in [2.45, 2.75) is 20.0 Å². The standard InChI is InChI=1S/C25H29N3O4/c1-17(2)32-21-10-8-18(9-11-21)22-23(27-12-14-31-15-13-27)25(30)28(24(22)29)20-7-5-6-19(16-20)26(3)4/h5-11,16-17H,12-15H2,1-4H3. The van der Waals surface area contributed by atoms with Crippen LogP contribution < -0.4 is 14.5 Å². The van der Waals surface area contributed by atoms with Crippen LogP contribution in [-0.2, 0) is 14.3 Å². The van der Waals surface area contributed by atoms with Crippen molar-refractivity contribution < 1.29 is 19.1 Å². The van der Waals surface area contributed by atoms with E-state index in [4.69, 9.17) is 9.47 Å². The number of benzene rings is 2. The molecule has 2 aromatic rings. The first-order valence-electron chi connectivity index (χ1n) is 10.9. The van der Waals surface area contributed by atoms with Gasteiger partial charge in [-0.05, 0) is 49.7 Å². The van der Waals surface area contributed by atoms with Gasteiger partial charge in [0.1, 0.15) is 11.4 Å². The molecule has 0 aliphatic carbocycles. The fourth-order valence-electron chi connectivity index (χ4n) is 3.98. The third kappa shape index (κ3) is 4.21. The lowest BCUT2D eigenvalue weighted by molar-refractivity contribution is -0.121. The molecule has 7 heteroatoms. The summed E-state index contributed by atoms with van der Waals surface area (Å²) >= 11 is 0. The Morgan fingerprint density at radius 2 is 1.66 bits per heavy atom. The first kappa shape index (κ1) is 21.9. The summed E-state index contributed by atoms with van der Waals surface area (Å²) in [5.74, 6) is 0.111. The molecule has 0 N–H and O–H groups in total. The van der Waals surface area contributed by atoms with E-state index in [1.165, 1.54) is 4.90 Å². The average molecular weight is 436 g/mol. The summed E-state index contributed by atoms with van der Waals surface area (Å²) in [4.78, 5) is 32.5. The summed E-state index contributed by atoms with van der Waals surface area (Å²) in [6.07, 6.45) is 0.0538. The zero-order valence-electron chi connectivity index (χ0n) is 19.0. The van der Waals surface area contributed by atoms with Gasteiger partial charge in [0.2, 0.25) is 0 Å². The molecule has 0 atom stereocenters. The second-order valence-electron chi connectivity index (χ2n) is 8.37. The van der Waals surface area contributed by atoms with Crippen molar-refractivity contribution in [1.29, 1.82) is 0 Å². The Morgan fingerprint density at radius 1 is 0.969 bits per heavy atom. The Labute approximate surface area is 188 Å². The predicted molar refractivity (Wildman–Crippen MR) is 125 cm³/mol. The smallest absolute Gasteiger partial charge is 0.282 e. The van der Waals surface area contributed by atoms with Gasteiger partial charge >= 0.3 is 0 Å². The normalized spacial score (nSPS) is 16.9. The van der Waals surface area contributed by atoms with Gasteiger partial charge in [-0.25, -0.2) is 4.90 Å². The molecule has 0 saturated carbocycles. The number of hydrogen-bond donors (Lipinski definition) is 0. The van der Waals surface area contributed by atoms with E-state index in [0.29, 0.717) is 48.8 Å². The van der Waals surface area contributed by atoms with E-state index in [1.54, 1.807) is 6.07 Å². The number of nitrogens with zero attached hydrogens (tertiary/aromatic N) is 3. The number of amides is 2. The van der Waals surface area contributed by atoms with Crippen molar-refractivity contribution in [2.24, 2.45) is 0 Å². The van der Waals surface area contributed by atoms with Crippen LogP contribution in [0.2, 0.25) is 0 Å². The van der Waals surface area contributed by atoms with E-state index in [2.05, 4.69) is 0 Å². The molecule has 0 spiro atoms. The Balaban J connectivity index is 1.76. The molecule has 4 rings (SSSR count). The number of carbonyl (C=O) groups excluding carboxylic acids is 2. The molecule has 0 radical (unpaired) electrons. The highest BCUT2D eigenvalue weighted by Gasteiger charge is 2.42. The van der Waals surface area contributed by atoms with Gasteiger partial charge in [-0.1, -0.05) is 18.2 Å². The zero-order chi connectivity index (χ0) is 22.8. The maximum Gasteiger partial charge on any atom is 0.282 e. The van der Waals surface area contributed by atoms with E-state index in [9.17, 15) is 9.59 Å². The quantitative estimate of drug-likeness (QED) is 0.650. The van der Waals surface area contributed by atoms with Crippen molar-refractivity contribution in [2.75, 3.05) is 50.2 Å². The molecule has 1 saturated heterocycles. The SMILES string of the molecule is CC(C)Oc1ccc(C2=C(N3CCOCC3)C(=O)N(c3cccc(N(C)C)c3)C2=O)cc1. The van der Waals surface area contributed by atoms with Gasteiger partial charge < -0.3 is 19.3 Å². The summed E-state index contributed by atoms with van der Waals surface area (Å²) in [5.41, 5.74) is 3.04. The molecule has 2 aliphatic heterocycles. The van der Waals surface area contributed by atoms with Gasteiger partial charge in [-0.3, -0.25) is 9.59 Å². The zero-order valence-corrected chi connectivity index (χ0v) is 19.0. The molecule has 2 aromatic carbocycles. The molecule has 1 fully saturated rings. The van der Waals surface area contributed by atoms with Crippen LogP contribution in [-0.4, -0.2) is 63.2 Å². The number of carbonyl (C=O) groups is 2. The largest absolute Gasteiger partial charge is 0.491 e. The number of morpholine rings is 1. The highest BCUT2D eigenvalue weighted by atomic mass is 16.5. The average Bonchev–Trinajstić information content (AvgIpc) is 3.04. The van der Waals surface area contributed by atoms with E-state index < -0.39 is 0 Å². The fraction of sp³-hybridized carbons (Fsp3) is 0.360. The molecule has 0 unspecified atom stereocenters. The van der Waals surface area contributed by atoms with Gasteiger partial charge in [-0.15, -0.1) is 0 Å². The van der Waals surface area contributed by atoms with Crippen molar-refractivity contribution in [3.8, 4) is 5.75 Å². The maximum absolute atomic E-state index is 13.7. The molecule has 0 aromatic heterocycles. The summed E-state index contributed by atoms with van der Waals surface area (Å²) in [6.45, 7) is 6.11. The number of imide groups is 1. The summed E-state index contributed by atoms with van der Waals surface area (Å²) in [6, 6.07) is 14.8. The van der Waals surface area contributed by atoms with Crippen LogP contribution >= 0.6 is 0 Å². The lowest BCUT2D eigenvalue weighted by atomic mass is 10.0. The summed E-state index contributed by atoms with van der Waals surface area (Å²) in [5, 5.41) is 0. The first-order valence-corrected chi connectivity index (χ1v) is 10.9. The van der Waals surface area contributed by atoms with Gasteiger partial charge in [0.25, 0.3) is 11.8 Å². The molecule has 168 valence electrons. The van der Waals surface area contributed by atoms with Crippen LogP contribution in [0.5, 0.6) is 5.75 Å². The Kier molecular flexibility index (Phi) is 6.19.